The minimum atomic E-state index is -0.920. The van der Waals surface area contributed by atoms with E-state index in [-0.39, 0.29) is 0 Å². The fourth-order valence-corrected chi connectivity index (χ4v) is 2.43. The first kappa shape index (κ1) is 15.1. The molecule has 1 aliphatic heterocycles. The summed E-state index contributed by atoms with van der Waals surface area (Å²) in [5.41, 5.74) is 2.17. The molecule has 1 heterocycles. The van der Waals surface area contributed by atoms with Crippen LogP contribution in [0.2, 0.25) is 0 Å². The first-order chi connectivity index (χ1) is 9.05. The van der Waals surface area contributed by atoms with E-state index in [0.29, 0.717) is 5.56 Å². The van der Waals surface area contributed by atoms with E-state index in [4.69, 9.17) is 14.4 Å². The molecule has 0 amide bonds. The van der Waals surface area contributed by atoms with Crippen LogP contribution in [0.3, 0.4) is 0 Å². The van der Waals surface area contributed by atoms with Gasteiger partial charge in [0.2, 0.25) is 0 Å². The van der Waals surface area contributed by atoms with Gasteiger partial charge in [-0.2, -0.15) is 0 Å². The van der Waals surface area contributed by atoms with Crippen LogP contribution in [0.4, 0.5) is 0 Å². The number of benzene rings is 1. The van der Waals surface area contributed by atoms with E-state index < -0.39 is 24.3 Å². The van der Waals surface area contributed by atoms with Crippen molar-refractivity contribution in [1.29, 1.82) is 0 Å². The second-order valence-corrected chi connectivity index (χ2v) is 6.42. The average Bonchev–Trinajstić information content (AvgIpc) is 2.46. The number of hydrogen-bond acceptors (Lipinski definition) is 3. The molecule has 1 fully saturated rings. The molecule has 0 aliphatic carbocycles. The normalized spacial score (nSPS) is 20.2. The third kappa shape index (κ3) is 2.36. The van der Waals surface area contributed by atoms with Crippen molar-refractivity contribution in [2.75, 3.05) is 0 Å². The summed E-state index contributed by atoms with van der Waals surface area (Å²) in [6.07, 6.45) is 0. The standard InChI is InChI=1S/C15H21BO4/c1-9-7-11(13(17)18)8-10(2)12(9)16-19-14(3,4)15(5,6)20-16/h7-8H,1-6H3,(H,17,18). The van der Waals surface area contributed by atoms with E-state index in [1.807, 2.05) is 41.5 Å². The maximum absolute atomic E-state index is 11.1. The summed E-state index contributed by atoms with van der Waals surface area (Å²) in [5.74, 6) is -0.920. The highest BCUT2D eigenvalue weighted by Gasteiger charge is 2.52. The van der Waals surface area contributed by atoms with Gasteiger partial charge in [0.15, 0.2) is 0 Å². The molecule has 0 saturated carbocycles. The molecule has 1 saturated heterocycles. The Balaban J connectivity index is 2.43. The minimum absolute atomic E-state index is 0.292. The van der Waals surface area contributed by atoms with Crippen LogP contribution in [-0.2, 0) is 9.31 Å². The Kier molecular flexibility index (Phi) is 3.47. The summed E-state index contributed by atoms with van der Waals surface area (Å²) in [5, 5.41) is 9.09. The lowest BCUT2D eigenvalue weighted by Gasteiger charge is -2.32. The predicted octanol–water partition coefficient (Wildman–Crippen LogP) is 2.30. The molecule has 1 aromatic rings. The van der Waals surface area contributed by atoms with Gasteiger partial charge in [-0.3, -0.25) is 0 Å². The summed E-state index contributed by atoms with van der Waals surface area (Å²) in [6.45, 7) is 11.8. The summed E-state index contributed by atoms with van der Waals surface area (Å²) in [6, 6.07) is 3.32. The smallest absolute Gasteiger partial charge is 0.478 e. The maximum Gasteiger partial charge on any atom is 0.495 e. The fourth-order valence-electron chi connectivity index (χ4n) is 2.43. The lowest BCUT2D eigenvalue weighted by Crippen LogP contribution is -2.41. The molecule has 0 atom stereocenters. The van der Waals surface area contributed by atoms with Gasteiger partial charge in [0.05, 0.1) is 16.8 Å². The van der Waals surface area contributed by atoms with Crippen LogP contribution in [0, 0.1) is 13.8 Å². The highest BCUT2D eigenvalue weighted by Crippen LogP contribution is 2.37. The lowest BCUT2D eigenvalue weighted by molar-refractivity contribution is 0.00578. The molecular formula is C15H21BO4. The molecule has 0 unspecified atom stereocenters. The van der Waals surface area contributed by atoms with Crippen LogP contribution in [0.5, 0.6) is 0 Å². The van der Waals surface area contributed by atoms with E-state index in [9.17, 15) is 4.79 Å². The van der Waals surface area contributed by atoms with Crippen LogP contribution < -0.4 is 5.46 Å². The van der Waals surface area contributed by atoms with Crippen LogP contribution in [0.1, 0.15) is 49.2 Å². The predicted molar refractivity (Wildman–Crippen MR) is 78.6 cm³/mol. The molecule has 5 heteroatoms. The minimum Gasteiger partial charge on any atom is -0.478 e. The second-order valence-electron chi connectivity index (χ2n) is 6.42. The first-order valence-corrected chi connectivity index (χ1v) is 6.75. The molecule has 0 spiro atoms. The van der Waals surface area contributed by atoms with Crippen LogP contribution in [0.25, 0.3) is 0 Å². The van der Waals surface area contributed by atoms with Crippen LogP contribution >= 0.6 is 0 Å². The fraction of sp³-hybridized carbons (Fsp3) is 0.533. The molecule has 0 bridgehead atoms. The number of aromatic carboxylic acids is 1. The van der Waals surface area contributed by atoms with E-state index in [1.54, 1.807) is 12.1 Å². The number of carbonyl (C=O) groups is 1. The highest BCUT2D eigenvalue weighted by molar-refractivity contribution is 6.63. The topological polar surface area (TPSA) is 55.8 Å². The van der Waals surface area contributed by atoms with Gasteiger partial charge >= 0.3 is 13.1 Å². The zero-order valence-corrected chi connectivity index (χ0v) is 12.9. The Morgan fingerprint density at radius 2 is 1.45 bits per heavy atom. The Labute approximate surface area is 120 Å². The van der Waals surface area contributed by atoms with Gasteiger partial charge < -0.3 is 14.4 Å². The van der Waals surface area contributed by atoms with Crippen molar-refractivity contribution in [1.82, 2.24) is 0 Å². The third-order valence-electron chi connectivity index (χ3n) is 4.33. The average molecular weight is 276 g/mol. The molecule has 1 aromatic carbocycles. The molecule has 20 heavy (non-hydrogen) atoms. The Hall–Kier alpha value is -1.33. The number of carboxylic acid groups (broad SMARTS) is 1. The van der Waals surface area contributed by atoms with Gasteiger partial charge in [-0.05, 0) is 59.1 Å². The largest absolute Gasteiger partial charge is 0.495 e. The molecule has 1 aliphatic rings. The first-order valence-electron chi connectivity index (χ1n) is 6.75. The van der Waals surface area contributed by atoms with Crippen molar-refractivity contribution < 1.29 is 19.2 Å². The van der Waals surface area contributed by atoms with Crippen molar-refractivity contribution in [2.24, 2.45) is 0 Å². The van der Waals surface area contributed by atoms with Gasteiger partial charge in [-0.25, -0.2) is 4.79 Å². The SMILES string of the molecule is Cc1cc(C(=O)O)cc(C)c1B1OC(C)(C)C(C)(C)O1. The van der Waals surface area contributed by atoms with E-state index in [2.05, 4.69) is 0 Å². The third-order valence-corrected chi connectivity index (χ3v) is 4.33. The summed E-state index contributed by atoms with van der Waals surface area (Å²) < 4.78 is 12.1. The van der Waals surface area contributed by atoms with Crippen LogP contribution in [-0.4, -0.2) is 29.4 Å². The maximum atomic E-state index is 11.1. The van der Waals surface area contributed by atoms with Crippen LogP contribution in [0.15, 0.2) is 12.1 Å². The molecule has 1 N–H and O–H groups in total. The number of aryl methyl sites for hydroxylation is 2. The van der Waals surface area contributed by atoms with E-state index in [0.717, 1.165) is 16.6 Å². The number of rotatable bonds is 2. The Morgan fingerprint density at radius 1 is 1.05 bits per heavy atom. The Morgan fingerprint density at radius 3 is 1.80 bits per heavy atom. The second kappa shape index (κ2) is 4.60. The number of hydrogen-bond donors (Lipinski definition) is 1. The molecule has 0 radical (unpaired) electrons. The van der Waals surface area contributed by atoms with Crippen molar-refractivity contribution >= 4 is 18.6 Å². The molecule has 108 valence electrons. The summed E-state index contributed by atoms with van der Waals surface area (Å²) in [7, 11) is -0.456. The lowest BCUT2D eigenvalue weighted by atomic mass is 9.73. The molecule has 0 aromatic heterocycles. The monoisotopic (exact) mass is 276 g/mol. The van der Waals surface area contributed by atoms with E-state index in [1.165, 1.54) is 0 Å². The van der Waals surface area contributed by atoms with Gasteiger partial charge in [0, 0.05) is 0 Å². The number of carboxylic acids is 1. The van der Waals surface area contributed by atoms with Gasteiger partial charge in [-0.1, -0.05) is 11.1 Å². The van der Waals surface area contributed by atoms with Crippen molar-refractivity contribution in [3.8, 4) is 0 Å². The molecule has 4 nitrogen and oxygen atoms in total. The van der Waals surface area contributed by atoms with Gasteiger partial charge in [0.1, 0.15) is 0 Å². The van der Waals surface area contributed by atoms with E-state index >= 15 is 0 Å². The van der Waals surface area contributed by atoms with Gasteiger partial charge in [0.25, 0.3) is 0 Å². The van der Waals surface area contributed by atoms with Crippen molar-refractivity contribution in [3.63, 3.8) is 0 Å². The summed E-state index contributed by atoms with van der Waals surface area (Å²) >= 11 is 0. The Bertz CT molecular complexity index is 524. The molecular weight excluding hydrogens is 255 g/mol. The zero-order valence-electron chi connectivity index (χ0n) is 12.9. The zero-order chi connectivity index (χ0) is 15.3. The summed E-state index contributed by atoms with van der Waals surface area (Å²) in [4.78, 5) is 11.1. The van der Waals surface area contributed by atoms with Gasteiger partial charge in [-0.15, -0.1) is 0 Å². The van der Waals surface area contributed by atoms with Crippen molar-refractivity contribution in [2.45, 2.75) is 52.7 Å². The quantitative estimate of drug-likeness (QED) is 0.842. The van der Waals surface area contributed by atoms with Crippen molar-refractivity contribution in [3.05, 3.63) is 28.8 Å². The highest BCUT2D eigenvalue weighted by atomic mass is 16.7. The molecule has 2 rings (SSSR count).